The molecule has 2 aromatic rings. The Hall–Kier alpha value is -1.62. The highest BCUT2D eigenvalue weighted by Gasteiger charge is 2.18. The van der Waals surface area contributed by atoms with Gasteiger partial charge >= 0.3 is 0 Å². The van der Waals surface area contributed by atoms with Crippen LogP contribution in [0.1, 0.15) is 13.8 Å². The third-order valence-corrected chi connectivity index (χ3v) is 4.21. The van der Waals surface area contributed by atoms with Crippen molar-refractivity contribution < 1.29 is 4.79 Å². The van der Waals surface area contributed by atoms with Crippen LogP contribution >= 0.6 is 15.9 Å². The van der Waals surface area contributed by atoms with E-state index in [4.69, 9.17) is 0 Å². The van der Waals surface area contributed by atoms with Crippen molar-refractivity contribution in [3.8, 4) is 5.69 Å². The Morgan fingerprint density at radius 2 is 2.00 bits per heavy atom. The number of carbonyl (C=O) groups excluding carboxylic acids is 1. The molecule has 0 spiro atoms. The number of halogens is 1. The molecule has 100 valence electrons. The predicted octanol–water partition coefficient (Wildman–Crippen LogP) is 3.23. The monoisotopic (exact) mass is 321 g/mol. The van der Waals surface area contributed by atoms with Gasteiger partial charge in [0.2, 0.25) is 5.91 Å². The summed E-state index contributed by atoms with van der Waals surface area (Å²) in [5, 5.41) is 7.03. The maximum atomic E-state index is 11.9. The Kier molecular flexibility index (Phi) is 4.37. The maximum Gasteiger partial charge on any atom is 0.238 e. The lowest BCUT2D eigenvalue weighted by atomic mass is 10.1. The SMILES string of the molecule is CC(C)C(Br)C(=O)Nc1ccc(-n2cccn2)cc1. The fourth-order valence-corrected chi connectivity index (χ4v) is 1.75. The molecule has 1 aromatic carbocycles. The lowest BCUT2D eigenvalue weighted by Crippen LogP contribution is -2.26. The lowest BCUT2D eigenvalue weighted by molar-refractivity contribution is -0.116. The normalized spacial score (nSPS) is 12.4. The van der Waals surface area contributed by atoms with Gasteiger partial charge in [-0.1, -0.05) is 29.8 Å². The average Bonchev–Trinajstić information content (AvgIpc) is 2.92. The van der Waals surface area contributed by atoms with Crippen molar-refractivity contribution in [1.29, 1.82) is 0 Å². The third-order valence-electron chi connectivity index (χ3n) is 2.74. The second-order valence-corrected chi connectivity index (χ2v) is 5.62. The maximum absolute atomic E-state index is 11.9. The van der Waals surface area contributed by atoms with Gasteiger partial charge in [-0.2, -0.15) is 5.10 Å². The summed E-state index contributed by atoms with van der Waals surface area (Å²) in [6.07, 6.45) is 3.61. The summed E-state index contributed by atoms with van der Waals surface area (Å²) in [4.78, 5) is 11.7. The van der Waals surface area contributed by atoms with Crippen LogP contribution in [0.3, 0.4) is 0 Å². The van der Waals surface area contributed by atoms with E-state index in [2.05, 4.69) is 26.3 Å². The molecule has 0 aliphatic carbocycles. The molecular formula is C14H16BrN3O. The van der Waals surface area contributed by atoms with Crippen LogP contribution in [-0.2, 0) is 4.79 Å². The summed E-state index contributed by atoms with van der Waals surface area (Å²) < 4.78 is 1.77. The second-order valence-electron chi connectivity index (χ2n) is 4.63. The summed E-state index contributed by atoms with van der Waals surface area (Å²) in [5.41, 5.74) is 1.74. The highest BCUT2D eigenvalue weighted by Crippen LogP contribution is 2.17. The Balaban J connectivity index is 2.05. The van der Waals surface area contributed by atoms with Crippen LogP contribution in [0.4, 0.5) is 5.69 Å². The summed E-state index contributed by atoms with van der Waals surface area (Å²) in [6.45, 7) is 4.00. The van der Waals surface area contributed by atoms with E-state index in [-0.39, 0.29) is 16.7 Å². The molecular weight excluding hydrogens is 306 g/mol. The first-order valence-corrected chi connectivity index (χ1v) is 7.04. The van der Waals surface area contributed by atoms with E-state index in [1.165, 1.54) is 0 Å². The molecule has 4 nitrogen and oxygen atoms in total. The summed E-state index contributed by atoms with van der Waals surface area (Å²) in [5.74, 6) is 0.227. The molecule has 1 atom stereocenters. The number of nitrogens with zero attached hydrogens (tertiary/aromatic N) is 2. The number of hydrogen-bond acceptors (Lipinski definition) is 2. The van der Waals surface area contributed by atoms with Gasteiger partial charge in [-0.3, -0.25) is 4.79 Å². The molecule has 2 rings (SSSR count). The fraction of sp³-hybridized carbons (Fsp3) is 0.286. The van der Waals surface area contributed by atoms with Gasteiger partial charge in [0, 0.05) is 18.1 Å². The van der Waals surface area contributed by atoms with Crippen LogP contribution in [0.2, 0.25) is 0 Å². The average molecular weight is 322 g/mol. The van der Waals surface area contributed by atoms with E-state index in [1.54, 1.807) is 10.9 Å². The standard InChI is InChI=1S/C14H16BrN3O/c1-10(2)13(15)14(19)17-11-4-6-12(7-5-11)18-9-3-8-16-18/h3-10,13H,1-2H3,(H,17,19). The minimum absolute atomic E-state index is 0.0261. The number of alkyl halides is 1. The van der Waals surface area contributed by atoms with E-state index >= 15 is 0 Å². The molecule has 1 unspecified atom stereocenters. The minimum Gasteiger partial charge on any atom is -0.325 e. The fourth-order valence-electron chi connectivity index (χ4n) is 1.63. The Morgan fingerprint density at radius 1 is 1.32 bits per heavy atom. The highest BCUT2D eigenvalue weighted by atomic mass is 79.9. The number of nitrogens with one attached hydrogen (secondary N) is 1. The molecule has 0 aliphatic heterocycles. The van der Waals surface area contributed by atoms with Gasteiger partial charge in [-0.05, 0) is 36.2 Å². The number of benzene rings is 1. The molecule has 5 heteroatoms. The first-order valence-electron chi connectivity index (χ1n) is 6.13. The number of aromatic nitrogens is 2. The van der Waals surface area contributed by atoms with E-state index in [9.17, 15) is 4.79 Å². The van der Waals surface area contributed by atoms with Crippen LogP contribution in [0.25, 0.3) is 5.69 Å². The van der Waals surface area contributed by atoms with Crippen LogP contribution in [0.5, 0.6) is 0 Å². The Morgan fingerprint density at radius 3 is 2.53 bits per heavy atom. The van der Waals surface area contributed by atoms with Gasteiger partial charge in [0.05, 0.1) is 10.5 Å². The van der Waals surface area contributed by atoms with Gasteiger partial charge in [-0.25, -0.2) is 4.68 Å². The highest BCUT2D eigenvalue weighted by molar-refractivity contribution is 9.10. The van der Waals surface area contributed by atoms with Crippen LogP contribution < -0.4 is 5.32 Å². The van der Waals surface area contributed by atoms with Gasteiger partial charge in [-0.15, -0.1) is 0 Å². The van der Waals surface area contributed by atoms with Crippen LogP contribution in [0, 0.1) is 5.92 Å². The van der Waals surface area contributed by atoms with Crippen LogP contribution in [0.15, 0.2) is 42.7 Å². The summed E-state index contributed by atoms with van der Waals surface area (Å²) in [7, 11) is 0. The van der Waals surface area contributed by atoms with Crippen molar-refractivity contribution in [3.05, 3.63) is 42.7 Å². The van der Waals surface area contributed by atoms with Crippen molar-refractivity contribution in [3.63, 3.8) is 0 Å². The number of carbonyl (C=O) groups is 1. The van der Waals surface area contributed by atoms with Crippen molar-refractivity contribution in [2.45, 2.75) is 18.7 Å². The van der Waals surface area contributed by atoms with Gasteiger partial charge in [0.15, 0.2) is 0 Å². The Labute approximate surface area is 120 Å². The van der Waals surface area contributed by atoms with Crippen molar-refractivity contribution >= 4 is 27.5 Å². The zero-order chi connectivity index (χ0) is 13.8. The molecule has 1 N–H and O–H groups in total. The van der Waals surface area contributed by atoms with Gasteiger partial charge in [0.25, 0.3) is 0 Å². The minimum atomic E-state index is -0.182. The molecule has 1 aromatic heterocycles. The smallest absolute Gasteiger partial charge is 0.238 e. The number of amides is 1. The number of anilines is 1. The molecule has 0 fully saturated rings. The largest absolute Gasteiger partial charge is 0.325 e. The van der Waals surface area contributed by atoms with E-state index in [0.29, 0.717) is 0 Å². The predicted molar refractivity (Wildman–Crippen MR) is 79.7 cm³/mol. The first-order chi connectivity index (χ1) is 9.08. The summed E-state index contributed by atoms with van der Waals surface area (Å²) in [6, 6.07) is 9.44. The molecule has 0 radical (unpaired) electrons. The van der Waals surface area contributed by atoms with Gasteiger partial charge in [0.1, 0.15) is 0 Å². The van der Waals surface area contributed by atoms with Crippen LogP contribution in [-0.4, -0.2) is 20.5 Å². The topological polar surface area (TPSA) is 46.9 Å². The molecule has 19 heavy (non-hydrogen) atoms. The van der Waals surface area contributed by atoms with E-state index in [0.717, 1.165) is 11.4 Å². The Bertz CT molecular complexity index is 534. The summed E-state index contributed by atoms with van der Waals surface area (Å²) >= 11 is 3.38. The van der Waals surface area contributed by atoms with Gasteiger partial charge < -0.3 is 5.32 Å². The third kappa shape index (κ3) is 3.44. The quantitative estimate of drug-likeness (QED) is 0.879. The zero-order valence-corrected chi connectivity index (χ0v) is 12.5. The molecule has 0 bridgehead atoms. The van der Waals surface area contributed by atoms with Crippen molar-refractivity contribution in [2.24, 2.45) is 5.92 Å². The zero-order valence-electron chi connectivity index (χ0n) is 10.9. The van der Waals surface area contributed by atoms with E-state index in [1.807, 2.05) is 50.4 Å². The molecule has 1 heterocycles. The van der Waals surface area contributed by atoms with E-state index < -0.39 is 0 Å². The molecule has 1 amide bonds. The molecule has 0 saturated heterocycles. The number of rotatable bonds is 4. The van der Waals surface area contributed by atoms with Crippen molar-refractivity contribution in [2.75, 3.05) is 5.32 Å². The first kappa shape index (κ1) is 13.8. The lowest BCUT2D eigenvalue weighted by Gasteiger charge is -2.14. The second kappa shape index (κ2) is 6.02. The molecule has 0 saturated carbocycles. The number of hydrogen-bond donors (Lipinski definition) is 1. The molecule has 0 aliphatic rings. The van der Waals surface area contributed by atoms with Crippen molar-refractivity contribution in [1.82, 2.24) is 9.78 Å².